The van der Waals surface area contributed by atoms with Crippen LogP contribution < -0.4 is 33.8 Å². The maximum Gasteiger partial charge on any atom is 0.338 e. The topological polar surface area (TPSA) is 97.6 Å². The number of hydrogen-bond donors (Lipinski definition) is 0. The fourth-order valence-corrected chi connectivity index (χ4v) is 6.10. The average molecular weight is 632 g/mol. The summed E-state index contributed by atoms with van der Waals surface area (Å²) in [6, 6.07) is 8.20. The van der Waals surface area contributed by atoms with Gasteiger partial charge in [-0.15, -0.1) is 0 Å². The molecule has 11 heteroatoms. The molecule has 0 unspecified atom stereocenters. The average Bonchev–Trinajstić information content (AvgIpc) is 3.23. The van der Waals surface area contributed by atoms with Gasteiger partial charge in [0.2, 0.25) is 0 Å². The standard InChI is InChI=1S/C29H31BrN2O7S/c1-7-37-22-15-19(30)18(14-21(22)36-6)25-24(28(34)39-9-3)16(4)31-29-32(25)27(33)23(40-29)13-17-11-10-12-20(35-5)26(17)38-8-2/h10-15,25H,7-9H2,1-6H3/b23-13+/t25-/m1/s1. The van der Waals surface area contributed by atoms with E-state index in [1.807, 2.05) is 26.0 Å². The number of carbonyl (C=O) groups is 1. The van der Waals surface area contributed by atoms with Crippen LogP contribution in [-0.4, -0.2) is 44.6 Å². The Morgan fingerprint density at radius 2 is 1.77 bits per heavy atom. The first-order valence-electron chi connectivity index (χ1n) is 12.8. The van der Waals surface area contributed by atoms with Gasteiger partial charge in [0.25, 0.3) is 5.56 Å². The number of thiazole rings is 1. The van der Waals surface area contributed by atoms with E-state index in [0.29, 0.717) is 66.8 Å². The Balaban J connectivity index is 2.01. The van der Waals surface area contributed by atoms with Gasteiger partial charge in [0.05, 0.1) is 55.9 Å². The number of methoxy groups -OCH3 is 2. The number of hydrogen-bond acceptors (Lipinski definition) is 9. The molecule has 2 aromatic carbocycles. The third kappa shape index (κ3) is 5.53. The molecule has 40 heavy (non-hydrogen) atoms. The Morgan fingerprint density at radius 1 is 1.05 bits per heavy atom. The minimum absolute atomic E-state index is 0.177. The number of halogens is 1. The van der Waals surface area contributed by atoms with Crippen LogP contribution in [0.2, 0.25) is 0 Å². The molecule has 0 aliphatic carbocycles. The third-order valence-electron chi connectivity index (χ3n) is 6.20. The molecule has 0 N–H and O–H groups in total. The highest BCUT2D eigenvalue weighted by Gasteiger charge is 2.35. The van der Waals surface area contributed by atoms with Crippen molar-refractivity contribution in [2.24, 2.45) is 4.99 Å². The molecule has 2 heterocycles. The van der Waals surface area contributed by atoms with E-state index in [4.69, 9.17) is 23.7 Å². The van der Waals surface area contributed by atoms with E-state index in [-0.39, 0.29) is 17.7 Å². The molecule has 0 bridgehead atoms. The van der Waals surface area contributed by atoms with E-state index in [1.54, 1.807) is 52.3 Å². The smallest absolute Gasteiger partial charge is 0.338 e. The quantitative estimate of drug-likeness (QED) is 0.307. The second-order valence-electron chi connectivity index (χ2n) is 8.57. The number of para-hydroxylation sites is 1. The number of rotatable bonds is 10. The second kappa shape index (κ2) is 12.7. The summed E-state index contributed by atoms with van der Waals surface area (Å²) >= 11 is 4.87. The maximum absolute atomic E-state index is 14.1. The number of benzene rings is 2. The Bertz CT molecular complexity index is 1640. The second-order valence-corrected chi connectivity index (χ2v) is 10.4. The number of carbonyl (C=O) groups excluding carboxylic acids is 1. The van der Waals surface area contributed by atoms with Gasteiger partial charge in [-0.25, -0.2) is 9.79 Å². The molecular formula is C29H31BrN2O7S. The van der Waals surface area contributed by atoms with Crippen LogP contribution in [0.4, 0.5) is 0 Å². The normalized spacial score (nSPS) is 14.9. The summed E-state index contributed by atoms with van der Waals surface area (Å²) in [5, 5.41) is 0. The number of ether oxygens (including phenoxy) is 5. The van der Waals surface area contributed by atoms with Gasteiger partial charge in [0.1, 0.15) is 0 Å². The fraction of sp³-hybridized carbons (Fsp3) is 0.345. The molecule has 0 saturated carbocycles. The van der Waals surface area contributed by atoms with Crippen molar-refractivity contribution in [2.75, 3.05) is 34.0 Å². The highest BCUT2D eigenvalue weighted by atomic mass is 79.9. The molecule has 212 valence electrons. The van der Waals surface area contributed by atoms with Crippen molar-refractivity contribution in [3.05, 3.63) is 76.9 Å². The number of esters is 1. The number of aromatic nitrogens is 1. The first kappa shape index (κ1) is 29.4. The molecule has 1 atom stereocenters. The van der Waals surface area contributed by atoms with Gasteiger partial charge in [0.15, 0.2) is 27.8 Å². The molecule has 3 aromatic rings. The fourth-order valence-electron chi connectivity index (χ4n) is 4.52. The van der Waals surface area contributed by atoms with Crippen LogP contribution in [0.1, 0.15) is 44.9 Å². The molecule has 1 aliphatic heterocycles. The molecule has 0 radical (unpaired) electrons. The number of nitrogens with zero attached hydrogens (tertiary/aromatic N) is 2. The predicted molar refractivity (Wildman–Crippen MR) is 156 cm³/mol. The number of fused-ring (bicyclic) bond motifs is 1. The summed E-state index contributed by atoms with van der Waals surface area (Å²) < 4.78 is 30.6. The van der Waals surface area contributed by atoms with Gasteiger partial charge >= 0.3 is 5.97 Å². The van der Waals surface area contributed by atoms with Crippen molar-refractivity contribution >= 4 is 39.3 Å². The van der Waals surface area contributed by atoms with Crippen LogP contribution in [0.5, 0.6) is 23.0 Å². The molecule has 0 fully saturated rings. The van der Waals surface area contributed by atoms with E-state index < -0.39 is 12.0 Å². The molecule has 9 nitrogen and oxygen atoms in total. The summed E-state index contributed by atoms with van der Waals surface area (Å²) in [4.78, 5) is 32.4. The number of allylic oxidation sites excluding steroid dienone is 1. The van der Waals surface area contributed by atoms with Crippen LogP contribution in [0.3, 0.4) is 0 Å². The maximum atomic E-state index is 14.1. The summed E-state index contributed by atoms with van der Waals surface area (Å²) in [5.41, 5.74) is 1.74. The predicted octanol–water partition coefficient (Wildman–Crippen LogP) is 4.38. The molecule has 0 amide bonds. The molecule has 1 aromatic heterocycles. The zero-order chi connectivity index (χ0) is 29.0. The van der Waals surface area contributed by atoms with Crippen molar-refractivity contribution in [1.82, 2.24) is 4.57 Å². The van der Waals surface area contributed by atoms with Gasteiger partial charge in [0, 0.05) is 10.0 Å². The zero-order valence-electron chi connectivity index (χ0n) is 23.2. The van der Waals surface area contributed by atoms with E-state index >= 15 is 0 Å². The zero-order valence-corrected chi connectivity index (χ0v) is 25.6. The summed E-state index contributed by atoms with van der Waals surface area (Å²) in [5.74, 6) is 1.56. The van der Waals surface area contributed by atoms with Crippen molar-refractivity contribution in [1.29, 1.82) is 0 Å². The van der Waals surface area contributed by atoms with Crippen LogP contribution >= 0.6 is 27.3 Å². The minimum Gasteiger partial charge on any atom is -0.493 e. The highest BCUT2D eigenvalue weighted by Crippen LogP contribution is 2.41. The highest BCUT2D eigenvalue weighted by molar-refractivity contribution is 9.10. The first-order valence-corrected chi connectivity index (χ1v) is 14.4. The first-order chi connectivity index (χ1) is 19.3. The largest absolute Gasteiger partial charge is 0.493 e. The third-order valence-corrected chi connectivity index (χ3v) is 7.87. The van der Waals surface area contributed by atoms with Gasteiger partial charge in [-0.05, 0) is 57.5 Å². The monoisotopic (exact) mass is 630 g/mol. The minimum atomic E-state index is -0.826. The van der Waals surface area contributed by atoms with Crippen molar-refractivity contribution < 1.29 is 28.5 Å². The molecule has 0 spiro atoms. The summed E-state index contributed by atoms with van der Waals surface area (Å²) in [7, 11) is 3.11. The van der Waals surface area contributed by atoms with E-state index in [2.05, 4.69) is 20.9 Å². The molecular weight excluding hydrogens is 600 g/mol. The van der Waals surface area contributed by atoms with Gasteiger partial charge in [-0.3, -0.25) is 9.36 Å². The lowest BCUT2D eigenvalue weighted by molar-refractivity contribution is -0.139. The van der Waals surface area contributed by atoms with Crippen LogP contribution in [0.25, 0.3) is 6.08 Å². The Labute approximate surface area is 244 Å². The van der Waals surface area contributed by atoms with Gasteiger partial charge < -0.3 is 23.7 Å². The van der Waals surface area contributed by atoms with Crippen molar-refractivity contribution in [2.45, 2.75) is 33.7 Å². The van der Waals surface area contributed by atoms with E-state index in [0.717, 1.165) is 0 Å². The molecule has 1 aliphatic rings. The van der Waals surface area contributed by atoms with Crippen LogP contribution in [0, 0.1) is 0 Å². The lowest BCUT2D eigenvalue weighted by Crippen LogP contribution is -2.40. The molecule has 4 rings (SSSR count). The van der Waals surface area contributed by atoms with Gasteiger partial charge in [-0.1, -0.05) is 39.4 Å². The summed E-state index contributed by atoms with van der Waals surface area (Å²) in [6.07, 6.45) is 1.76. The Morgan fingerprint density at radius 3 is 2.42 bits per heavy atom. The van der Waals surface area contributed by atoms with Crippen LogP contribution in [0.15, 0.2) is 55.9 Å². The van der Waals surface area contributed by atoms with E-state index in [1.165, 1.54) is 15.9 Å². The Kier molecular flexibility index (Phi) is 9.36. The SMILES string of the molecule is CCOC(=O)C1=C(C)N=c2s/c(=C/c3cccc(OC)c3OCC)c(=O)n2[C@@H]1c1cc(OC)c(OCC)cc1Br. The van der Waals surface area contributed by atoms with Crippen LogP contribution in [-0.2, 0) is 9.53 Å². The van der Waals surface area contributed by atoms with E-state index in [9.17, 15) is 9.59 Å². The Hall–Kier alpha value is -3.57. The van der Waals surface area contributed by atoms with Gasteiger partial charge in [-0.2, -0.15) is 0 Å². The van der Waals surface area contributed by atoms with Crippen molar-refractivity contribution in [3.63, 3.8) is 0 Å². The van der Waals surface area contributed by atoms with Crippen molar-refractivity contribution in [3.8, 4) is 23.0 Å². The molecule has 0 saturated heterocycles. The lowest BCUT2D eigenvalue weighted by atomic mass is 9.95. The summed E-state index contributed by atoms with van der Waals surface area (Å²) in [6.45, 7) is 8.28. The lowest BCUT2D eigenvalue weighted by Gasteiger charge is -2.26.